The van der Waals surface area contributed by atoms with Gasteiger partial charge in [0.25, 0.3) is 0 Å². The monoisotopic (exact) mass is 222 g/mol. The molecule has 1 aromatic rings. The molecule has 0 spiro atoms. The number of aromatic nitrogens is 3. The summed E-state index contributed by atoms with van der Waals surface area (Å²) < 4.78 is 2.01. The van der Waals surface area contributed by atoms with Gasteiger partial charge in [-0.1, -0.05) is 26.2 Å². The smallest absolute Gasteiger partial charge is 0.140 e. The molecule has 1 saturated carbocycles. The largest absolute Gasteiger partial charge is 0.307 e. The van der Waals surface area contributed by atoms with Crippen molar-refractivity contribution in [2.45, 2.75) is 64.6 Å². The maximum Gasteiger partial charge on any atom is 0.140 e. The van der Waals surface area contributed by atoms with Crippen molar-refractivity contribution in [3.63, 3.8) is 0 Å². The molecule has 4 heteroatoms. The van der Waals surface area contributed by atoms with E-state index in [0.717, 1.165) is 25.3 Å². The molecule has 0 bridgehead atoms. The predicted molar refractivity (Wildman–Crippen MR) is 64.0 cm³/mol. The zero-order valence-corrected chi connectivity index (χ0v) is 10.2. The van der Waals surface area contributed by atoms with E-state index < -0.39 is 0 Å². The Labute approximate surface area is 97.5 Å². The summed E-state index contributed by atoms with van der Waals surface area (Å²) in [6, 6.07) is 0.695. The highest BCUT2D eigenvalue weighted by atomic mass is 15.3. The van der Waals surface area contributed by atoms with Crippen LogP contribution in [0.15, 0.2) is 6.33 Å². The van der Waals surface area contributed by atoms with Gasteiger partial charge in [0.2, 0.25) is 0 Å². The van der Waals surface area contributed by atoms with Gasteiger partial charge in [0.15, 0.2) is 0 Å². The quantitative estimate of drug-likeness (QED) is 0.829. The lowest BCUT2D eigenvalue weighted by Crippen LogP contribution is -2.31. The maximum atomic E-state index is 4.31. The molecule has 0 aromatic carbocycles. The van der Waals surface area contributed by atoms with Gasteiger partial charge in [-0.2, -0.15) is 5.10 Å². The second-order valence-electron chi connectivity index (χ2n) is 4.62. The van der Waals surface area contributed by atoms with Crippen molar-refractivity contribution in [1.29, 1.82) is 0 Å². The second kappa shape index (κ2) is 5.99. The summed E-state index contributed by atoms with van der Waals surface area (Å²) >= 11 is 0. The van der Waals surface area contributed by atoms with Crippen LogP contribution in [0.3, 0.4) is 0 Å². The normalized spacial score (nSPS) is 17.8. The van der Waals surface area contributed by atoms with Crippen molar-refractivity contribution < 1.29 is 0 Å². The van der Waals surface area contributed by atoms with Gasteiger partial charge >= 0.3 is 0 Å². The minimum absolute atomic E-state index is 0.695. The number of hydrogen-bond donors (Lipinski definition) is 1. The Morgan fingerprint density at radius 2 is 2.19 bits per heavy atom. The van der Waals surface area contributed by atoms with Crippen LogP contribution in [0.1, 0.15) is 51.3 Å². The third-order valence-corrected chi connectivity index (χ3v) is 3.29. The predicted octanol–water partition coefficient (Wildman–Crippen LogP) is 2.11. The molecular weight excluding hydrogens is 200 g/mol. The van der Waals surface area contributed by atoms with Crippen molar-refractivity contribution in [3.8, 4) is 0 Å². The first-order valence-corrected chi connectivity index (χ1v) is 6.50. The fraction of sp³-hybridized carbons (Fsp3) is 0.833. The molecule has 0 saturated heterocycles. The molecule has 90 valence electrons. The first-order chi connectivity index (χ1) is 7.90. The van der Waals surface area contributed by atoms with Crippen molar-refractivity contribution in [2.75, 3.05) is 0 Å². The minimum atomic E-state index is 0.695. The summed E-state index contributed by atoms with van der Waals surface area (Å²) in [6.07, 6.45) is 9.57. The van der Waals surface area contributed by atoms with Crippen molar-refractivity contribution in [1.82, 2.24) is 20.1 Å². The van der Waals surface area contributed by atoms with Crippen molar-refractivity contribution in [2.24, 2.45) is 0 Å². The molecule has 1 aliphatic carbocycles. The topological polar surface area (TPSA) is 42.7 Å². The van der Waals surface area contributed by atoms with Gasteiger partial charge < -0.3 is 5.32 Å². The first-order valence-electron chi connectivity index (χ1n) is 6.50. The Bertz CT molecular complexity index is 302. The summed E-state index contributed by atoms with van der Waals surface area (Å²) in [5.41, 5.74) is 0. The molecule has 1 heterocycles. The van der Waals surface area contributed by atoms with E-state index >= 15 is 0 Å². The molecule has 1 N–H and O–H groups in total. The lowest BCUT2D eigenvalue weighted by atomic mass is 9.95. The molecule has 1 fully saturated rings. The molecular formula is C12H22N4. The molecule has 0 atom stereocenters. The molecule has 2 rings (SSSR count). The van der Waals surface area contributed by atoms with E-state index in [1.54, 1.807) is 6.33 Å². The molecule has 0 amide bonds. The lowest BCUT2D eigenvalue weighted by Gasteiger charge is -2.22. The highest BCUT2D eigenvalue weighted by Gasteiger charge is 2.13. The number of rotatable bonds is 5. The number of nitrogens with one attached hydrogen (secondary N) is 1. The van der Waals surface area contributed by atoms with Crippen LogP contribution in [-0.4, -0.2) is 20.8 Å². The van der Waals surface area contributed by atoms with Crippen LogP contribution >= 0.6 is 0 Å². The fourth-order valence-electron chi connectivity index (χ4n) is 2.37. The average Bonchev–Trinajstić information content (AvgIpc) is 2.76. The van der Waals surface area contributed by atoms with E-state index in [9.17, 15) is 0 Å². The third-order valence-electron chi connectivity index (χ3n) is 3.29. The van der Waals surface area contributed by atoms with Crippen LogP contribution in [0.5, 0.6) is 0 Å². The Morgan fingerprint density at radius 1 is 1.38 bits per heavy atom. The fourth-order valence-corrected chi connectivity index (χ4v) is 2.37. The Morgan fingerprint density at radius 3 is 2.94 bits per heavy atom. The van der Waals surface area contributed by atoms with Crippen LogP contribution < -0.4 is 5.32 Å². The molecule has 0 aliphatic heterocycles. The summed E-state index contributed by atoms with van der Waals surface area (Å²) in [5, 5.41) is 7.83. The van der Waals surface area contributed by atoms with Gasteiger partial charge in [0.1, 0.15) is 12.2 Å². The summed E-state index contributed by atoms with van der Waals surface area (Å²) in [7, 11) is 0. The van der Waals surface area contributed by atoms with Gasteiger partial charge in [-0.3, -0.25) is 0 Å². The highest BCUT2D eigenvalue weighted by Crippen LogP contribution is 2.17. The maximum absolute atomic E-state index is 4.31. The molecule has 0 unspecified atom stereocenters. The number of nitrogens with zero attached hydrogens (tertiary/aromatic N) is 3. The van der Waals surface area contributed by atoms with Crippen LogP contribution in [0.4, 0.5) is 0 Å². The zero-order chi connectivity index (χ0) is 11.2. The second-order valence-corrected chi connectivity index (χ2v) is 4.62. The van der Waals surface area contributed by atoms with Gasteiger partial charge in [-0.25, -0.2) is 9.67 Å². The Balaban J connectivity index is 1.81. The van der Waals surface area contributed by atoms with Gasteiger partial charge in [-0.15, -0.1) is 0 Å². The van der Waals surface area contributed by atoms with Crippen molar-refractivity contribution >= 4 is 0 Å². The van der Waals surface area contributed by atoms with Crippen LogP contribution in [-0.2, 0) is 13.1 Å². The third kappa shape index (κ3) is 3.04. The zero-order valence-electron chi connectivity index (χ0n) is 10.2. The van der Waals surface area contributed by atoms with E-state index in [1.807, 2.05) is 4.68 Å². The van der Waals surface area contributed by atoms with Gasteiger partial charge in [-0.05, 0) is 19.3 Å². The average molecular weight is 222 g/mol. The number of aryl methyl sites for hydroxylation is 1. The van der Waals surface area contributed by atoms with E-state index in [0.29, 0.717) is 6.04 Å². The highest BCUT2D eigenvalue weighted by molar-refractivity contribution is 4.85. The minimum Gasteiger partial charge on any atom is -0.307 e. The Hall–Kier alpha value is -0.900. The SMILES string of the molecule is CCCn1ncnc1CNC1CCCCC1. The molecule has 1 aromatic heterocycles. The van der Waals surface area contributed by atoms with E-state index in [4.69, 9.17) is 0 Å². The van der Waals surface area contributed by atoms with Crippen molar-refractivity contribution in [3.05, 3.63) is 12.2 Å². The number of hydrogen-bond acceptors (Lipinski definition) is 3. The summed E-state index contributed by atoms with van der Waals surface area (Å²) in [4.78, 5) is 4.31. The van der Waals surface area contributed by atoms with Crippen LogP contribution in [0.25, 0.3) is 0 Å². The lowest BCUT2D eigenvalue weighted by molar-refractivity contribution is 0.365. The standard InChI is InChI=1S/C12H22N4/c1-2-8-16-12(14-10-15-16)9-13-11-6-4-3-5-7-11/h10-11,13H,2-9H2,1H3. The first kappa shape index (κ1) is 11.6. The summed E-state index contributed by atoms with van der Waals surface area (Å²) in [5.74, 6) is 1.08. The van der Waals surface area contributed by atoms with Gasteiger partial charge in [0, 0.05) is 12.6 Å². The Kier molecular flexibility index (Phi) is 4.34. The van der Waals surface area contributed by atoms with Gasteiger partial charge in [0.05, 0.1) is 6.54 Å². The van der Waals surface area contributed by atoms with Crippen LogP contribution in [0, 0.1) is 0 Å². The summed E-state index contributed by atoms with van der Waals surface area (Å²) in [6.45, 7) is 4.01. The molecule has 0 radical (unpaired) electrons. The molecule has 4 nitrogen and oxygen atoms in total. The van der Waals surface area contributed by atoms with E-state index in [2.05, 4.69) is 22.3 Å². The molecule has 1 aliphatic rings. The molecule has 16 heavy (non-hydrogen) atoms. The van der Waals surface area contributed by atoms with E-state index in [1.165, 1.54) is 32.1 Å². The van der Waals surface area contributed by atoms with Crippen LogP contribution in [0.2, 0.25) is 0 Å². The van der Waals surface area contributed by atoms with E-state index in [-0.39, 0.29) is 0 Å².